The van der Waals surface area contributed by atoms with Crippen LogP contribution in [0.4, 0.5) is 0 Å². The van der Waals surface area contributed by atoms with E-state index in [-0.39, 0.29) is 0 Å². The number of hydrogen-bond donors (Lipinski definition) is 1. The summed E-state index contributed by atoms with van der Waals surface area (Å²) in [5, 5.41) is 0. The Labute approximate surface area is 85.5 Å². The molecule has 0 heterocycles. The van der Waals surface area contributed by atoms with Crippen molar-refractivity contribution < 1.29 is 14.2 Å². The van der Waals surface area contributed by atoms with Gasteiger partial charge in [-0.25, -0.2) is 0 Å². The molecule has 0 aliphatic heterocycles. The van der Waals surface area contributed by atoms with E-state index < -0.39 is 0 Å². The van der Waals surface area contributed by atoms with E-state index in [0.717, 1.165) is 5.75 Å². The molecule has 0 spiro atoms. The molecule has 0 amide bonds. The van der Waals surface area contributed by atoms with Crippen molar-refractivity contribution in [3.05, 3.63) is 12.7 Å². The van der Waals surface area contributed by atoms with Crippen molar-refractivity contribution in [3.63, 3.8) is 0 Å². The SMILES string of the molecule is C=CCOCCOCCOCCS. The van der Waals surface area contributed by atoms with E-state index in [1.807, 2.05) is 0 Å². The van der Waals surface area contributed by atoms with Crippen LogP contribution < -0.4 is 0 Å². The van der Waals surface area contributed by atoms with Crippen LogP contribution in [0.25, 0.3) is 0 Å². The zero-order valence-electron chi connectivity index (χ0n) is 7.91. The largest absolute Gasteiger partial charge is 0.378 e. The second-order valence-corrected chi connectivity index (χ2v) is 2.76. The lowest BCUT2D eigenvalue weighted by Gasteiger charge is -2.04. The molecule has 0 aromatic heterocycles. The van der Waals surface area contributed by atoms with Gasteiger partial charge in [0.15, 0.2) is 0 Å². The number of thiol groups is 1. The molecule has 0 aromatic rings. The molecule has 0 rings (SSSR count). The van der Waals surface area contributed by atoms with Crippen molar-refractivity contribution >= 4 is 12.6 Å². The van der Waals surface area contributed by atoms with Gasteiger partial charge in [0.05, 0.1) is 39.6 Å². The monoisotopic (exact) mass is 206 g/mol. The number of rotatable bonds is 10. The Morgan fingerprint density at radius 3 is 2.00 bits per heavy atom. The van der Waals surface area contributed by atoms with E-state index in [0.29, 0.717) is 39.6 Å². The highest BCUT2D eigenvalue weighted by molar-refractivity contribution is 7.80. The maximum absolute atomic E-state index is 5.22. The van der Waals surface area contributed by atoms with Crippen molar-refractivity contribution in [2.24, 2.45) is 0 Å². The fraction of sp³-hybridized carbons (Fsp3) is 0.778. The predicted molar refractivity (Wildman–Crippen MR) is 56.5 cm³/mol. The quantitative estimate of drug-likeness (QED) is 0.330. The molecule has 3 nitrogen and oxygen atoms in total. The first-order chi connectivity index (χ1) is 6.41. The first-order valence-electron chi connectivity index (χ1n) is 4.36. The Morgan fingerprint density at radius 1 is 0.923 bits per heavy atom. The summed E-state index contributed by atoms with van der Waals surface area (Å²) in [5.41, 5.74) is 0. The van der Waals surface area contributed by atoms with E-state index in [1.54, 1.807) is 6.08 Å². The van der Waals surface area contributed by atoms with E-state index in [9.17, 15) is 0 Å². The molecule has 0 atom stereocenters. The van der Waals surface area contributed by atoms with Crippen LogP contribution in [0.5, 0.6) is 0 Å². The van der Waals surface area contributed by atoms with Crippen LogP contribution >= 0.6 is 12.6 Å². The molecule has 0 saturated heterocycles. The van der Waals surface area contributed by atoms with Crippen molar-refractivity contribution in [2.75, 3.05) is 45.4 Å². The molecule has 13 heavy (non-hydrogen) atoms. The van der Waals surface area contributed by atoms with Crippen LogP contribution in [0.1, 0.15) is 0 Å². The third kappa shape index (κ3) is 12.0. The molecule has 0 aliphatic carbocycles. The van der Waals surface area contributed by atoms with Gasteiger partial charge in [0.2, 0.25) is 0 Å². The summed E-state index contributed by atoms with van der Waals surface area (Å²) in [6, 6.07) is 0. The lowest BCUT2D eigenvalue weighted by atomic mass is 10.7. The van der Waals surface area contributed by atoms with Gasteiger partial charge in [-0.15, -0.1) is 6.58 Å². The van der Waals surface area contributed by atoms with Gasteiger partial charge in [0.25, 0.3) is 0 Å². The topological polar surface area (TPSA) is 27.7 Å². The van der Waals surface area contributed by atoms with Crippen LogP contribution in [0.3, 0.4) is 0 Å². The zero-order chi connectivity index (χ0) is 9.78. The van der Waals surface area contributed by atoms with Crippen LogP contribution in [0, 0.1) is 0 Å². The maximum atomic E-state index is 5.22. The van der Waals surface area contributed by atoms with Crippen molar-refractivity contribution in [1.29, 1.82) is 0 Å². The van der Waals surface area contributed by atoms with Gasteiger partial charge in [-0.3, -0.25) is 0 Å². The smallest absolute Gasteiger partial charge is 0.0704 e. The Bertz CT molecular complexity index is 109. The molecular formula is C9H18O3S. The summed E-state index contributed by atoms with van der Waals surface area (Å²) in [5.74, 6) is 0.752. The molecule has 0 aromatic carbocycles. The normalized spacial score (nSPS) is 10.2. The molecule has 0 unspecified atom stereocenters. The van der Waals surface area contributed by atoms with Crippen molar-refractivity contribution in [1.82, 2.24) is 0 Å². The molecule has 0 saturated carbocycles. The third-order valence-corrected chi connectivity index (χ3v) is 1.40. The molecular weight excluding hydrogens is 188 g/mol. The second-order valence-electron chi connectivity index (χ2n) is 2.31. The van der Waals surface area contributed by atoms with Gasteiger partial charge >= 0.3 is 0 Å². The summed E-state index contributed by atoms with van der Waals surface area (Å²) < 4.78 is 15.5. The Hall–Kier alpha value is -0.0300. The standard InChI is InChI=1S/C9H18O3S/c1-2-3-10-4-5-11-6-7-12-8-9-13/h2,13H,1,3-9H2. The molecule has 0 aliphatic rings. The predicted octanol–water partition coefficient (Wildman–Crippen LogP) is 1.15. The van der Waals surface area contributed by atoms with E-state index in [1.165, 1.54) is 0 Å². The minimum Gasteiger partial charge on any atom is -0.378 e. The first kappa shape index (κ1) is 13.0. The average Bonchev–Trinajstić information content (AvgIpc) is 2.16. The lowest BCUT2D eigenvalue weighted by molar-refractivity contribution is 0.0229. The van der Waals surface area contributed by atoms with Gasteiger partial charge in [-0.1, -0.05) is 6.08 Å². The highest BCUT2D eigenvalue weighted by atomic mass is 32.1. The van der Waals surface area contributed by atoms with Gasteiger partial charge in [-0.05, 0) is 0 Å². The Kier molecular flexibility index (Phi) is 11.9. The van der Waals surface area contributed by atoms with Crippen LogP contribution in [0.15, 0.2) is 12.7 Å². The molecule has 0 N–H and O–H groups in total. The van der Waals surface area contributed by atoms with E-state index >= 15 is 0 Å². The number of ether oxygens (including phenoxy) is 3. The third-order valence-electron chi connectivity index (χ3n) is 1.22. The summed E-state index contributed by atoms with van der Waals surface area (Å²) in [6.07, 6.45) is 1.72. The first-order valence-corrected chi connectivity index (χ1v) is 5.00. The summed E-state index contributed by atoms with van der Waals surface area (Å²) in [6.45, 7) is 7.26. The minimum absolute atomic E-state index is 0.583. The van der Waals surface area contributed by atoms with Crippen molar-refractivity contribution in [3.8, 4) is 0 Å². The molecule has 0 fully saturated rings. The Balaban J connectivity index is 2.79. The molecule has 0 radical (unpaired) electrons. The number of hydrogen-bond acceptors (Lipinski definition) is 4. The lowest BCUT2D eigenvalue weighted by Crippen LogP contribution is -2.10. The van der Waals surface area contributed by atoms with E-state index in [2.05, 4.69) is 19.2 Å². The molecule has 78 valence electrons. The average molecular weight is 206 g/mol. The van der Waals surface area contributed by atoms with E-state index in [4.69, 9.17) is 14.2 Å². The fourth-order valence-electron chi connectivity index (χ4n) is 0.671. The van der Waals surface area contributed by atoms with Gasteiger partial charge in [0, 0.05) is 5.75 Å². The van der Waals surface area contributed by atoms with Crippen LogP contribution in [0.2, 0.25) is 0 Å². The Morgan fingerprint density at radius 2 is 1.46 bits per heavy atom. The van der Waals surface area contributed by atoms with Crippen LogP contribution in [-0.2, 0) is 14.2 Å². The minimum atomic E-state index is 0.583. The van der Waals surface area contributed by atoms with Crippen LogP contribution in [-0.4, -0.2) is 45.4 Å². The maximum Gasteiger partial charge on any atom is 0.0704 e. The zero-order valence-corrected chi connectivity index (χ0v) is 8.80. The molecule has 4 heteroatoms. The summed E-state index contributed by atoms with van der Waals surface area (Å²) in [4.78, 5) is 0. The molecule has 0 bridgehead atoms. The second kappa shape index (κ2) is 12.0. The van der Waals surface area contributed by atoms with Gasteiger partial charge in [0.1, 0.15) is 0 Å². The van der Waals surface area contributed by atoms with Crippen molar-refractivity contribution in [2.45, 2.75) is 0 Å². The highest BCUT2D eigenvalue weighted by Crippen LogP contribution is 1.82. The highest BCUT2D eigenvalue weighted by Gasteiger charge is 1.89. The fourth-order valence-corrected chi connectivity index (χ4v) is 0.800. The summed E-state index contributed by atoms with van der Waals surface area (Å²) >= 11 is 4.01. The van der Waals surface area contributed by atoms with Gasteiger partial charge in [-0.2, -0.15) is 12.6 Å². The van der Waals surface area contributed by atoms with Gasteiger partial charge < -0.3 is 14.2 Å². The summed E-state index contributed by atoms with van der Waals surface area (Å²) in [7, 11) is 0.